The largest absolute Gasteiger partial charge is 0.489 e. The van der Waals surface area contributed by atoms with Crippen molar-refractivity contribution in [3.8, 4) is 17.2 Å². The van der Waals surface area contributed by atoms with Gasteiger partial charge in [-0.3, -0.25) is 0 Å². The smallest absolute Gasteiger partial charge is 0.174 e. The molecule has 3 aromatic rings. The number of hydrogen-bond donors (Lipinski definition) is 0. The Hall–Kier alpha value is -2.69. The summed E-state index contributed by atoms with van der Waals surface area (Å²) >= 11 is 6.30. The number of rotatable bonds is 10. The highest BCUT2D eigenvalue weighted by Gasteiger charge is 2.27. The van der Waals surface area contributed by atoms with E-state index in [0.717, 1.165) is 35.0 Å². The Morgan fingerprint density at radius 2 is 1.38 bits per heavy atom. The van der Waals surface area contributed by atoms with Crippen molar-refractivity contribution in [2.75, 3.05) is 6.61 Å². The van der Waals surface area contributed by atoms with E-state index in [1.165, 1.54) is 0 Å². The maximum atomic E-state index is 6.30. The topological polar surface area (TPSA) is 40.2 Å². The molecule has 0 aliphatic carbocycles. The number of alkyl halides is 1. The van der Waals surface area contributed by atoms with Crippen LogP contribution >= 0.6 is 11.6 Å². The molecule has 0 aromatic heterocycles. The van der Waals surface area contributed by atoms with Crippen molar-refractivity contribution < 1.29 is 18.9 Å². The minimum absolute atomic E-state index is 0.220. The van der Waals surface area contributed by atoms with Gasteiger partial charge in [-0.2, -0.15) is 0 Å². The lowest BCUT2D eigenvalue weighted by atomic mass is 10.2. The van der Waals surface area contributed by atoms with Crippen LogP contribution in [0, 0.1) is 0 Å². The van der Waals surface area contributed by atoms with E-state index in [1.54, 1.807) is 0 Å². The highest BCUT2D eigenvalue weighted by Crippen LogP contribution is 2.27. The predicted molar refractivity (Wildman–Crippen MR) is 113 cm³/mol. The summed E-state index contributed by atoms with van der Waals surface area (Å²) in [5.41, 5.74) is 1.50. The van der Waals surface area contributed by atoms with E-state index in [9.17, 15) is 0 Å². The van der Waals surface area contributed by atoms with Crippen LogP contribution in [0.25, 0.3) is 0 Å². The number of epoxide rings is 1. The fourth-order valence-electron chi connectivity index (χ4n) is 2.93. The van der Waals surface area contributed by atoms with E-state index in [0.29, 0.717) is 19.6 Å². The van der Waals surface area contributed by atoms with Gasteiger partial charge in [0.25, 0.3) is 0 Å². The fraction of sp³-hybridized carbons (Fsp3) is 0.250. The van der Waals surface area contributed by atoms with Crippen molar-refractivity contribution in [1.29, 1.82) is 0 Å². The Morgan fingerprint density at radius 1 is 0.793 bits per heavy atom. The van der Waals surface area contributed by atoms with Gasteiger partial charge < -0.3 is 18.9 Å². The molecule has 0 radical (unpaired) electrons. The molecule has 1 heterocycles. The molecule has 3 aromatic carbocycles. The van der Waals surface area contributed by atoms with Gasteiger partial charge in [0.1, 0.15) is 30.5 Å². The Balaban J connectivity index is 1.39. The van der Waals surface area contributed by atoms with Crippen molar-refractivity contribution in [3.05, 3.63) is 90.0 Å². The van der Waals surface area contributed by atoms with Crippen molar-refractivity contribution >= 4 is 11.6 Å². The van der Waals surface area contributed by atoms with E-state index in [1.807, 2.05) is 78.9 Å². The third-order valence-corrected chi connectivity index (χ3v) is 4.84. The van der Waals surface area contributed by atoms with E-state index in [-0.39, 0.29) is 6.10 Å². The molecule has 1 saturated heterocycles. The molecule has 1 aliphatic rings. The summed E-state index contributed by atoms with van der Waals surface area (Å²) in [5.74, 6) is 2.34. The molecule has 4 rings (SSSR count). The van der Waals surface area contributed by atoms with E-state index >= 15 is 0 Å². The molecular formula is C24H23ClO4. The summed E-state index contributed by atoms with van der Waals surface area (Å²) in [7, 11) is 0. The van der Waals surface area contributed by atoms with Crippen molar-refractivity contribution in [1.82, 2.24) is 0 Å². The first-order chi connectivity index (χ1) is 14.3. The van der Waals surface area contributed by atoms with Gasteiger partial charge in [0.05, 0.1) is 12.7 Å². The zero-order valence-corrected chi connectivity index (χ0v) is 16.8. The molecule has 1 fully saturated rings. The summed E-state index contributed by atoms with van der Waals surface area (Å²) in [6, 6.07) is 25.4. The van der Waals surface area contributed by atoms with Gasteiger partial charge in [-0.15, -0.1) is 0 Å². The molecule has 0 saturated carbocycles. The zero-order valence-electron chi connectivity index (χ0n) is 16.0. The van der Waals surface area contributed by atoms with Crippen LogP contribution in [0.1, 0.15) is 17.5 Å². The standard InChI is InChI=1S/C24H23ClO4/c25-24(14-21-17-27-21)29-23-13-7-5-9-19(23)16-28-22-12-6-4-8-18(22)15-26-20-10-2-1-3-11-20/h1-13,21,24H,14-17H2. The minimum atomic E-state index is -0.421. The lowest BCUT2D eigenvalue weighted by molar-refractivity contribution is 0.235. The molecule has 0 amide bonds. The molecule has 1 aliphatic heterocycles. The molecule has 0 spiro atoms. The Labute approximate surface area is 175 Å². The molecule has 5 heteroatoms. The zero-order chi connectivity index (χ0) is 19.9. The average Bonchev–Trinajstić information content (AvgIpc) is 3.57. The molecule has 2 atom stereocenters. The van der Waals surface area contributed by atoms with Crippen LogP contribution in [0.3, 0.4) is 0 Å². The third kappa shape index (κ3) is 5.89. The fourth-order valence-corrected chi connectivity index (χ4v) is 3.23. The van der Waals surface area contributed by atoms with Crippen LogP contribution in [0.4, 0.5) is 0 Å². The lowest BCUT2D eigenvalue weighted by Crippen LogP contribution is -2.13. The SMILES string of the molecule is ClC(CC1CO1)Oc1ccccc1COc1ccccc1COc1ccccc1. The second-order valence-corrected chi connectivity index (χ2v) is 7.31. The number of para-hydroxylation sites is 3. The van der Waals surface area contributed by atoms with Gasteiger partial charge in [0, 0.05) is 17.5 Å². The van der Waals surface area contributed by atoms with Gasteiger partial charge in [-0.05, 0) is 24.3 Å². The Bertz CT molecular complexity index is 912. The molecular weight excluding hydrogens is 388 g/mol. The van der Waals surface area contributed by atoms with E-state index in [4.69, 9.17) is 30.5 Å². The van der Waals surface area contributed by atoms with E-state index < -0.39 is 5.56 Å². The highest BCUT2D eigenvalue weighted by atomic mass is 35.5. The normalized spacial score (nSPS) is 16.1. The van der Waals surface area contributed by atoms with Crippen LogP contribution < -0.4 is 14.2 Å². The van der Waals surface area contributed by atoms with Gasteiger partial charge in [-0.1, -0.05) is 66.2 Å². The Kier molecular flexibility index (Phi) is 6.55. The quantitative estimate of drug-likeness (QED) is 0.323. The number of benzene rings is 3. The van der Waals surface area contributed by atoms with Gasteiger partial charge in [-0.25, -0.2) is 0 Å². The van der Waals surface area contributed by atoms with Crippen molar-refractivity contribution in [2.45, 2.75) is 31.3 Å². The molecule has 150 valence electrons. The minimum Gasteiger partial charge on any atom is -0.489 e. The lowest BCUT2D eigenvalue weighted by Gasteiger charge is -2.17. The monoisotopic (exact) mass is 410 g/mol. The number of halogens is 1. The molecule has 4 nitrogen and oxygen atoms in total. The summed E-state index contributed by atoms with van der Waals surface area (Å²) in [5, 5.41) is 0. The van der Waals surface area contributed by atoms with Crippen LogP contribution in [0.2, 0.25) is 0 Å². The first kappa shape index (κ1) is 19.6. The van der Waals surface area contributed by atoms with Crippen LogP contribution in [0.15, 0.2) is 78.9 Å². The van der Waals surface area contributed by atoms with Gasteiger partial charge in [0.2, 0.25) is 0 Å². The summed E-state index contributed by atoms with van der Waals surface area (Å²) in [4.78, 5) is 0. The average molecular weight is 411 g/mol. The first-order valence-corrected chi connectivity index (χ1v) is 10.1. The van der Waals surface area contributed by atoms with Crippen LogP contribution in [-0.2, 0) is 18.0 Å². The second-order valence-electron chi connectivity index (χ2n) is 6.82. The first-order valence-electron chi connectivity index (χ1n) is 9.67. The maximum Gasteiger partial charge on any atom is 0.174 e. The van der Waals surface area contributed by atoms with Crippen molar-refractivity contribution in [3.63, 3.8) is 0 Å². The second kappa shape index (κ2) is 9.68. The summed E-state index contributed by atoms with van der Waals surface area (Å²) < 4.78 is 23.1. The van der Waals surface area contributed by atoms with Gasteiger partial charge in [0.15, 0.2) is 5.56 Å². The van der Waals surface area contributed by atoms with Crippen LogP contribution in [0.5, 0.6) is 17.2 Å². The molecule has 0 bridgehead atoms. The molecule has 0 N–H and O–H groups in total. The highest BCUT2D eigenvalue weighted by molar-refractivity contribution is 6.19. The Morgan fingerprint density at radius 3 is 2.10 bits per heavy atom. The maximum absolute atomic E-state index is 6.30. The van der Waals surface area contributed by atoms with Gasteiger partial charge >= 0.3 is 0 Å². The predicted octanol–water partition coefficient (Wildman–Crippen LogP) is 5.58. The summed E-state index contributed by atoms with van der Waals surface area (Å²) in [6.45, 7) is 1.57. The summed E-state index contributed by atoms with van der Waals surface area (Å²) in [6.07, 6.45) is 0.897. The number of ether oxygens (including phenoxy) is 4. The molecule has 2 unspecified atom stereocenters. The van der Waals surface area contributed by atoms with E-state index in [2.05, 4.69) is 0 Å². The molecule has 29 heavy (non-hydrogen) atoms. The van der Waals surface area contributed by atoms with Crippen molar-refractivity contribution in [2.24, 2.45) is 0 Å². The third-order valence-electron chi connectivity index (χ3n) is 4.57. The van der Waals surface area contributed by atoms with Crippen LogP contribution in [-0.4, -0.2) is 18.3 Å². The number of hydrogen-bond acceptors (Lipinski definition) is 4.